The normalized spacial score (nSPS) is 11.3. The molecule has 2 heteroatoms. The zero-order valence-electron chi connectivity index (χ0n) is 26.3. The first-order valence-electron chi connectivity index (χ1n) is 16.3. The van der Waals surface area contributed by atoms with Crippen LogP contribution in [0.2, 0.25) is 0 Å². The van der Waals surface area contributed by atoms with Crippen LogP contribution in [0.1, 0.15) is 0 Å². The van der Waals surface area contributed by atoms with Gasteiger partial charge >= 0.3 is 0 Å². The second kappa shape index (κ2) is 11.8. The Balaban J connectivity index is 1.14. The molecule has 0 amide bonds. The van der Waals surface area contributed by atoms with Crippen LogP contribution in [0.5, 0.6) is 0 Å². The van der Waals surface area contributed by atoms with Crippen molar-refractivity contribution in [3.63, 3.8) is 0 Å². The Bertz CT molecular complexity index is 2530. The van der Waals surface area contributed by atoms with Gasteiger partial charge in [-0.1, -0.05) is 140 Å². The summed E-state index contributed by atoms with van der Waals surface area (Å²) in [4.78, 5) is 2.31. The molecule has 9 aromatic rings. The van der Waals surface area contributed by atoms with Crippen molar-refractivity contribution in [1.29, 1.82) is 0 Å². The van der Waals surface area contributed by atoms with E-state index in [4.69, 9.17) is 4.42 Å². The summed E-state index contributed by atoms with van der Waals surface area (Å²) >= 11 is 0. The van der Waals surface area contributed by atoms with E-state index in [0.29, 0.717) is 0 Å². The molecule has 2 nitrogen and oxygen atoms in total. The lowest BCUT2D eigenvalue weighted by Gasteiger charge is -2.26. The fourth-order valence-corrected chi connectivity index (χ4v) is 6.96. The van der Waals surface area contributed by atoms with E-state index >= 15 is 0 Å². The van der Waals surface area contributed by atoms with Crippen molar-refractivity contribution in [1.82, 2.24) is 0 Å². The molecule has 0 aliphatic rings. The van der Waals surface area contributed by atoms with Gasteiger partial charge in [0.25, 0.3) is 0 Å². The minimum Gasteiger partial charge on any atom is -0.456 e. The van der Waals surface area contributed by atoms with Gasteiger partial charge in [0.15, 0.2) is 0 Å². The third-order valence-electron chi connectivity index (χ3n) is 9.30. The number of hydrogen-bond acceptors (Lipinski definition) is 2. The number of hydrogen-bond donors (Lipinski definition) is 0. The summed E-state index contributed by atoms with van der Waals surface area (Å²) in [6, 6.07) is 66.9. The van der Waals surface area contributed by atoms with Crippen molar-refractivity contribution in [2.75, 3.05) is 4.90 Å². The van der Waals surface area contributed by atoms with E-state index in [0.717, 1.165) is 39.0 Å². The smallest absolute Gasteiger partial charge is 0.137 e. The van der Waals surface area contributed by atoms with Gasteiger partial charge in [-0.05, 0) is 86.6 Å². The first kappa shape index (κ1) is 27.9. The Hall–Kier alpha value is -6.38. The summed E-state index contributed by atoms with van der Waals surface area (Å²) < 4.78 is 6.32. The van der Waals surface area contributed by atoms with Gasteiger partial charge in [-0.15, -0.1) is 0 Å². The first-order chi connectivity index (χ1) is 23.8. The van der Waals surface area contributed by atoms with Gasteiger partial charge in [0.1, 0.15) is 11.2 Å². The standard InChI is InChI=1S/C46H31NO/c1-3-11-32(12-4-1)33-21-25-36(26-22-33)47(38-29-30-44-43-15-7-8-20-45(43)48-46(44)31-38)37-27-23-35(24-28-37)40-17-10-18-41-39(16-9-19-42(40)41)34-13-5-2-6-14-34/h1-31H. The molecular formula is C46H31NO. The summed E-state index contributed by atoms with van der Waals surface area (Å²) in [6.45, 7) is 0. The zero-order valence-corrected chi connectivity index (χ0v) is 26.3. The summed E-state index contributed by atoms with van der Waals surface area (Å²) in [5.74, 6) is 0. The molecule has 0 aliphatic heterocycles. The van der Waals surface area contributed by atoms with E-state index in [1.165, 1.54) is 44.2 Å². The highest BCUT2D eigenvalue weighted by Crippen LogP contribution is 2.41. The Morgan fingerprint density at radius 2 is 0.750 bits per heavy atom. The highest BCUT2D eigenvalue weighted by Gasteiger charge is 2.17. The van der Waals surface area contributed by atoms with Crippen molar-refractivity contribution < 1.29 is 4.42 Å². The van der Waals surface area contributed by atoms with Crippen molar-refractivity contribution in [3.8, 4) is 33.4 Å². The van der Waals surface area contributed by atoms with Crippen LogP contribution < -0.4 is 4.90 Å². The van der Waals surface area contributed by atoms with E-state index in [9.17, 15) is 0 Å². The van der Waals surface area contributed by atoms with E-state index in [1.54, 1.807) is 0 Å². The van der Waals surface area contributed by atoms with Crippen LogP contribution in [0.3, 0.4) is 0 Å². The predicted molar refractivity (Wildman–Crippen MR) is 202 cm³/mol. The molecule has 0 saturated carbocycles. The Labute approximate surface area is 279 Å². The van der Waals surface area contributed by atoms with Gasteiger partial charge in [0, 0.05) is 33.9 Å². The van der Waals surface area contributed by atoms with Crippen molar-refractivity contribution in [3.05, 3.63) is 188 Å². The Kier molecular flexibility index (Phi) is 6.84. The molecule has 9 rings (SSSR count). The van der Waals surface area contributed by atoms with Crippen LogP contribution in [-0.2, 0) is 0 Å². The summed E-state index contributed by atoms with van der Waals surface area (Å²) in [5.41, 5.74) is 12.2. The number of fused-ring (bicyclic) bond motifs is 4. The lowest BCUT2D eigenvalue weighted by atomic mass is 9.93. The van der Waals surface area contributed by atoms with E-state index in [-0.39, 0.29) is 0 Å². The second-order valence-corrected chi connectivity index (χ2v) is 12.1. The molecule has 0 fully saturated rings. The third-order valence-corrected chi connectivity index (χ3v) is 9.30. The van der Waals surface area contributed by atoms with Gasteiger partial charge in [0.05, 0.1) is 0 Å². The largest absolute Gasteiger partial charge is 0.456 e. The average molecular weight is 614 g/mol. The highest BCUT2D eigenvalue weighted by atomic mass is 16.3. The molecule has 0 atom stereocenters. The highest BCUT2D eigenvalue weighted by molar-refractivity contribution is 6.06. The zero-order chi connectivity index (χ0) is 31.9. The monoisotopic (exact) mass is 613 g/mol. The Morgan fingerprint density at radius 1 is 0.292 bits per heavy atom. The van der Waals surface area contributed by atoms with Crippen LogP contribution in [-0.4, -0.2) is 0 Å². The Morgan fingerprint density at radius 3 is 1.40 bits per heavy atom. The van der Waals surface area contributed by atoms with Gasteiger partial charge in [-0.2, -0.15) is 0 Å². The van der Waals surface area contributed by atoms with Crippen LogP contribution in [0.4, 0.5) is 17.1 Å². The number of anilines is 3. The molecule has 1 aromatic heterocycles. The van der Waals surface area contributed by atoms with Gasteiger partial charge < -0.3 is 9.32 Å². The molecular weight excluding hydrogens is 583 g/mol. The molecule has 0 bridgehead atoms. The van der Waals surface area contributed by atoms with Crippen molar-refractivity contribution >= 4 is 49.8 Å². The lowest BCUT2D eigenvalue weighted by Crippen LogP contribution is -2.09. The molecule has 1 heterocycles. The minimum absolute atomic E-state index is 0.876. The summed E-state index contributed by atoms with van der Waals surface area (Å²) in [6.07, 6.45) is 0. The van der Waals surface area contributed by atoms with Gasteiger partial charge in [-0.3, -0.25) is 0 Å². The molecule has 48 heavy (non-hydrogen) atoms. The second-order valence-electron chi connectivity index (χ2n) is 12.1. The topological polar surface area (TPSA) is 16.4 Å². The van der Waals surface area contributed by atoms with E-state index in [1.807, 2.05) is 12.1 Å². The lowest BCUT2D eigenvalue weighted by molar-refractivity contribution is 0.669. The van der Waals surface area contributed by atoms with Crippen molar-refractivity contribution in [2.24, 2.45) is 0 Å². The minimum atomic E-state index is 0.876. The quantitative estimate of drug-likeness (QED) is 0.185. The number of para-hydroxylation sites is 1. The van der Waals surface area contributed by atoms with Gasteiger partial charge in [-0.25, -0.2) is 0 Å². The van der Waals surface area contributed by atoms with Crippen molar-refractivity contribution in [2.45, 2.75) is 0 Å². The molecule has 0 saturated heterocycles. The maximum atomic E-state index is 6.32. The molecule has 226 valence electrons. The van der Waals surface area contributed by atoms with Crippen LogP contribution in [0.15, 0.2) is 192 Å². The fourth-order valence-electron chi connectivity index (χ4n) is 6.96. The summed E-state index contributed by atoms with van der Waals surface area (Å²) in [7, 11) is 0. The molecule has 0 spiro atoms. The molecule has 0 unspecified atom stereocenters. The van der Waals surface area contributed by atoms with E-state index < -0.39 is 0 Å². The molecule has 0 N–H and O–H groups in total. The number of nitrogens with zero attached hydrogens (tertiary/aromatic N) is 1. The van der Waals surface area contributed by atoms with Crippen LogP contribution >= 0.6 is 0 Å². The fraction of sp³-hybridized carbons (Fsp3) is 0. The molecule has 8 aromatic carbocycles. The SMILES string of the molecule is c1ccc(-c2ccc(N(c3ccc(-c4cccc5c(-c6ccccc6)cccc45)cc3)c3ccc4c(c3)oc3ccccc34)cc2)cc1. The first-order valence-corrected chi connectivity index (χ1v) is 16.3. The maximum absolute atomic E-state index is 6.32. The number of benzene rings is 8. The molecule has 0 radical (unpaired) electrons. The summed E-state index contributed by atoms with van der Waals surface area (Å²) in [5, 5.41) is 4.75. The number of rotatable bonds is 6. The number of furan rings is 1. The van der Waals surface area contributed by atoms with E-state index in [2.05, 4.69) is 181 Å². The van der Waals surface area contributed by atoms with Crippen LogP contribution in [0, 0.1) is 0 Å². The molecule has 0 aliphatic carbocycles. The maximum Gasteiger partial charge on any atom is 0.137 e. The third kappa shape index (κ3) is 4.92. The average Bonchev–Trinajstić information content (AvgIpc) is 3.54. The van der Waals surface area contributed by atoms with Gasteiger partial charge in [0.2, 0.25) is 0 Å². The van der Waals surface area contributed by atoms with Crippen LogP contribution in [0.25, 0.3) is 66.1 Å². The predicted octanol–water partition coefficient (Wildman–Crippen LogP) is 13.2.